The molecule has 52 valence electrons. The van der Waals surface area contributed by atoms with Crippen LogP contribution in [0.2, 0.25) is 0 Å². The third-order valence-electron chi connectivity index (χ3n) is 0.945. The Hall–Kier alpha value is -1.29. The first-order valence-corrected chi connectivity index (χ1v) is 3.08. The Balaban J connectivity index is 4.31. The Morgan fingerprint density at radius 3 is 2.30 bits per heavy atom. The van der Waals surface area contributed by atoms with Gasteiger partial charge in [0.15, 0.2) is 0 Å². The average Bonchev–Trinajstić information content (AvgIpc) is 1.90. The van der Waals surface area contributed by atoms with Crippen LogP contribution in [0.4, 0.5) is 0 Å². The zero-order valence-electron chi connectivity index (χ0n) is 6.39. The summed E-state index contributed by atoms with van der Waals surface area (Å²) in [5.74, 6) is 0. The molecule has 0 rings (SSSR count). The van der Waals surface area contributed by atoms with Crippen LogP contribution in [0, 0.1) is 11.3 Å². The largest absolute Gasteiger partial charge is 0.192 e. The minimum atomic E-state index is 0.598. The van der Waals surface area contributed by atoms with Crippen LogP contribution in [-0.2, 0) is 0 Å². The van der Waals surface area contributed by atoms with E-state index in [-0.39, 0.29) is 0 Å². The highest BCUT2D eigenvalue weighted by atomic mass is 14.2. The molecule has 10 heavy (non-hydrogen) atoms. The smallest absolute Gasteiger partial charge is 0.0991 e. The molecule has 0 fully saturated rings. The summed E-state index contributed by atoms with van der Waals surface area (Å²) in [6, 6.07) is 2.01. The minimum Gasteiger partial charge on any atom is -0.192 e. The van der Waals surface area contributed by atoms with E-state index in [1.807, 2.05) is 26.0 Å². The highest BCUT2D eigenvalue weighted by molar-refractivity contribution is 5.35. The molecule has 0 saturated carbocycles. The number of nitriles is 1. The fourth-order valence-electron chi connectivity index (χ4n) is 0.407. The topological polar surface area (TPSA) is 23.8 Å². The first-order valence-electron chi connectivity index (χ1n) is 3.08. The molecule has 0 N–H and O–H groups in total. The summed E-state index contributed by atoms with van der Waals surface area (Å²) in [6.07, 6.45) is 5.18. The van der Waals surface area contributed by atoms with Crippen LogP contribution >= 0.6 is 0 Å². The van der Waals surface area contributed by atoms with Crippen molar-refractivity contribution < 1.29 is 0 Å². The zero-order valence-corrected chi connectivity index (χ0v) is 6.39. The van der Waals surface area contributed by atoms with Crippen LogP contribution in [0.25, 0.3) is 0 Å². The van der Waals surface area contributed by atoms with Crippen LogP contribution in [-0.4, -0.2) is 0 Å². The number of rotatable bonds is 2. The van der Waals surface area contributed by atoms with Gasteiger partial charge in [0.05, 0.1) is 11.6 Å². The maximum atomic E-state index is 8.42. The zero-order chi connectivity index (χ0) is 7.98. The molecule has 0 radical (unpaired) electrons. The number of hydrogen-bond donors (Lipinski definition) is 0. The van der Waals surface area contributed by atoms with Gasteiger partial charge in [-0.2, -0.15) is 5.26 Å². The molecule has 1 heteroatoms. The minimum absolute atomic E-state index is 0.598. The van der Waals surface area contributed by atoms with Crippen LogP contribution < -0.4 is 0 Å². The molecule has 1 nitrogen and oxygen atoms in total. The Kier molecular flexibility index (Phi) is 3.99. The Bertz CT molecular complexity index is 209. The summed E-state index contributed by atoms with van der Waals surface area (Å²) in [5.41, 5.74) is 1.77. The molecule has 0 bridgehead atoms. The summed E-state index contributed by atoms with van der Waals surface area (Å²) in [7, 11) is 0. The molecule has 0 amide bonds. The molecule has 0 atom stereocenters. The van der Waals surface area contributed by atoms with Crippen molar-refractivity contribution in [3.05, 3.63) is 36.0 Å². The van der Waals surface area contributed by atoms with Crippen LogP contribution in [0.1, 0.15) is 13.8 Å². The van der Waals surface area contributed by atoms with Gasteiger partial charge in [-0.1, -0.05) is 24.3 Å². The van der Waals surface area contributed by atoms with E-state index < -0.39 is 0 Å². The maximum absolute atomic E-state index is 8.42. The maximum Gasteiger partial charge on any atom is 0.0991 e. The van der Waals surface area contributed by atoms with Crippen molar-refractivity contribution in [2.45, 2.75) is 13.8 Å². The molecule has 0 saturated heterocycles. The lowest BCUT2D eigenvalue weighted by atomic mass is 10.2. The lowest BCUT2D eigenvalue weighted by molar-refractivity contribution is 1.39. The van der Waals surface area contributed by atoms with E-state index in [9.17, 15) is 0 Å². The van der Waals surface area contributed by atoms with Crippen LogP contribution in [0.3, 0.4) is 0 Å². The van der Waals surface area contributed by atoms with E-state index in [0.717, 1.165) is 0 Å². The summed E-state index contributed by atoms with van der Waals surface area (Å²) < 4.78 is 0. The second kappa shape index (κ2) is 4.58. The fraction of sp³-hybridized carbons (Fsp3) is 0.222. The molecule has 0 spiro atoms. The quantitative estimate of drug-likeness (QED) is 0.419. The van der Waals surface area contributed by atoms with Crippen molar-refractivity contribution in [1.29, 1.82) is 5.26 Å². The molecule has 0 aromatic carbocycles. The average molecular weight is 133 g/mol. The van der Waals surface area contributed by atoms with Crippen molar-refractivity contribution in [3.63, 3.8) is 0 Å². The molecular formula is C9H11N. The summed E-state index contributed by atoms with van der Waals surface area (Å²) in [5, 5.41) is 8.42. The van der Waals surface area contributed by atoms with Crippen LogP contribution in [0.5, 0.6) is 0 Å². The van der Waals surface area contributed by atoms with Crippen LogP contribution in [0.15, 0.2) is 36.0 Å². The van der Waals surface area contributed by atoms with Gasteiger partial charge < -0.3 is 0 Å². The molecule has 0 aliphatic carbocycles. The van der Waals surface area contributed by atoms with E-state index in [1.165, 1.54) is 5.57 Å². The number of allylic oxidation sites excluding steroid dienone is 5. The van der Waals surface area contributed by atoms with Crippen molar-refractivity contribution in [1.82, 2.24) is 0 Å². The monoisotopic (exact) mass is 133 g/mol. The van der Waals surface area contributed by atoms with Gasteiger partial charge >= 0.3 is 0 Å². The second-order valence-corrected chi connectivity index (χ2v) is 2.18. The molecule has 0 aromatic heterocycles. The van der Waals surface area contributed by atoms with Gasteiger partial charge in [0.1, 0.15) is 0 Å². The summed E-state index contributed by atoms with van der Waals surface area (Å²) in [6.45, 7) is 7.45. The predicted octanol–water partition coefficient (Wildman–Crippen LogP) is 2.59. The van der Waals surface area contributed by atoms with E-state index in [4.69, 9.17) is 5.26 Å². The third kappa shape index (κ3) is 3.68. The Labute approximate surface area is 62.0 Å². The highest BCUT2D eigenvalue weighted by Gasteiger charge is 1.81. The SMILES string of the molecule is C=C/C(C#N)=C\C=C(C)C. The van der Waals surface area contributed by atoms with E-state index in [1.54, 1.807) is 12.2 Å². The van der Waals surface area contributed by atoms with Gasteiger partial charge in [-0.3, -0.25) is 0 Å². The molecule has 0 heterocycles. The van der Waals surface area contributed by atoms with Crippen molar-refractivity contribution in [3.8, 4) is 6.07 Å². The fourth-order valence-corrected chi connectivity index (χ4v) is 0.407. The van der Waals surface area contributed by atoms with Gasteiger partial charge in [-0.15, -0.1) is 0 Å². The molecule has 0 aliphatic rings. The molecule has 0 aromatic rings. The van der Waals surface area contributed by atoms with E-state index in [2.05, 4.69) is 6.58 Å². The first kappa shape index (κ1) is 8.71. The third-order valence-corrected chi connectivity index (χ3v) is 0.945. The van der Waals surface area contributed by atoms with Crippen molar-refractivity contribution in [2.24, 2.45) is 0 Å². The van der Waals surface area contributed by atoms with Gasteiger partial charge in [0.25, 0.3) is 0 Å². The van der Waals surface area contributed by atoms with E-state index in [0.29, 0.717) is 5.57 Å². The van der Waals surface area contributed by atoms with Gasteiger partial charge in [-0.05, 0) is 19.9 Å². The molecular weight excluding hydrogens is 122 g/mol. The normalized spacial score (nSPS) is 9.90. The van der Waals surface area contributed by atoms with Crippen molar-refractivity contribution in [2.75, 3.05) is 0 Å². The number of hydrogen-bond acceptors (Lipinski definition) is 1. The van der Waals surface area contributed by atoms with Gasteiger partial charge in [-0.25, -0.2) is 0 Å². The Morgan fingerprint density at radius 1 is 1.40 bits per heavy atom. The second-order valence-electron chi connectivity index (χ2n) is 2.18. The summed E-state index contributed by atoms with van der Waals surface area (Å²) in [4.78, 5) is 0. The molecule has 0 aliphatic heterocycles. The number of nitrogens with zero attached hydrogens (tertiary/aromatic N) is 1. The van der Waals surface area contributed by atoms with Crippen molar-refractivity contribution >= 4 is 0 Å². The lowest BCUT2D eigenvalue weighted by Crippen LogP contribution is -1.68. The summed E-state index contributed by atoms with van der Waals surface area (Å²) >= 11 is 0. The lowest BCUT2D eigenvalue weighted by Gasteiger charge is -1.83. The Morgan fingerprint density at radius 2 is 2.00 bits per heavy atom. The first-order chi connectivity index (χ1) is 4.70. The van der Waals surface area contributed by atoms with Gasteiger partial charge in [0, 0.05) is 0 Å². The standard InChI is InChI=1S/C9H11N/c1-4-9(7-10)6-5-8(2)3/h4-6H,1H2,2-3H3/b9-6+. The van der Waals surface area contributed by atoms with E-state index >= 15 is 0 Å². The molecule has 0 unspecified atom stereocenters. The predicted molar refractivity (Wildman–Crippen MR) is 43.3 cm³/mol. The highest BCUT2D eigenvalue weighted by Crippen LogP contribution is 1.96. The van der Waals surface area contributed by atoms with Gasteiger partial charge in [0.2, 0.25) is 0 Å².